The molecule has 4 rings (SSSR count). The summed E-state index contributed by atoms with van der Waals surface area (Å²) in [4.78, 5) is 13.2. The van der Waals surface area contributed by atoms with Crippen LogP contribution in [-0.4, -0.2) is 31.7 Å². The molecule has 1 aliphatic carbocycles. The largest absolute Gasteiger partial charge is 0.345 e. The number of carbonyl (C=O) groups excluding carboxylic acids is 1. The summed E-state index contributed by atoms with van der Waals surface area (Å²) in [6, 6.07) is 14.1. The van der Waals surface area contributed by atoms with Gasteiger partial charge in [0, 0.05) is 13.1 Å². The molecule has 1 saturated carbocycles. The third-order valence-corrected chi connectivity index (χ3v) is 8.15. The van der Waals surface area contributed by atoms with Crippen LogP contribution in [0.3, 0.4) is 0 Å². The highest BCUT2D eigenvalue weighted by atomic mass is 35.5. The summed E-state index contributed by atoms with van der Waals surface area (Å²) in [7, 11) is -3.61. The Morgan fingerprint density at radius 2 is 1.79 bits per heavy atom. The highest BCUT2D eigenvalue weighted by molar-refractivity contribution is 7.89. The molecule has 5 nitrogen and oxygen atoms in total. The number of hydrogen-bond acceptors (Lipinski definition) is 3. The average Bonchev–Trinajstić information content (AvgIpc) is 3.19. The van der Waals surface area contributed by atoms with E-state index in [-0.39, 0.29) is 27.4 Å². The lowest BCUT2D eigenvalue weighted by atomic mass is 10.0. The molecule has 1 N–H and O–H groups in total. The van der Waals surface area contributed by atoms with Gasteiger partial charge in [0.05, 0.1) is 21.5 Å². The maximum absolute atomic E-state index is 13.1. The Bertz CT molecular complexity index is 1000. The molecule has 0 bridgehead atoms. The van der Waals surface area contributed by atoms with Crippen molar-refractivity contribution in [2.45, 2.75) is 37.1 Å². The van der Waals surface area contributed by atoms with Crippen LogP contribution in [0.15, 0.2) is 53.4 Å². The lowest BCUT2D eigenvalue weighted by Gasteiger charge is -2.21. The minimum Gasteiger partial charge on any atom is -0.345 e. The van der Waals surface area contributed by atoms with Crippen molar-refractivity contribution >= 4 is 27.5 Å². The monoisotopic (exact) mass is 432 g/mol. The third-order valence-electron chi connectivity index (χ3n) is 5.93. The Kier molecular flexibility index (Phi) is 5.69. The molecule has 3 unspecified atom stereocenters. The van der Waals surface area contributed by atoms with E-state index in [0.29, 0.717) is 24.9 Å². The van der Waals surface area contributed by atoms with Crippen molar-refractivity contribution < 1.29 is 13.2 Å². The van der Waals surface area contributed by atoms with Gasteiger partial charge in [-0.25, -0.2) is 8.42 Å². The Morgan fingerprint density at radius 3 is 2.41 bits per heavy atom. The van der Waals surface area contributed by atoms with E-state index < -0.39 is 10.0 Å². The van der Waals surface area contributed by atoms with Gasteiger partial charge in [-0.05, 0) is 54.9 Å². The van der Waals surface area contributed by atoms with Gasteiger partial charge < -0.3 is 5.32 Å². The number of halogens is 1. The molecule has 2 aromatic rings. The summed E-state index contributed by atoms with van der Waals surface area (Å²) < 4.78 is 27.2. The topological polar surface area (TPSA) is 66.5 Å². The predicted molar refractivity (Wildman–Crippen MR) is 113 cm³/mol. The molecule has 0 radical (unpaired) electrons. The zero-order valence-electron chi connectivity index (χ0n) is 16.3. The van der Waals surface area contributed by atoms with E-state index in [0.717, 1.165) is 24.8 Å². The quantitative estimate of drug-likeness (QED) is 0.741. The van der Waals surface area contributed by atoms with E-state index in [4.69, 9.17) is 11.6 Å². The summed E-state index contributed by atoms with van der Waals surface area (Å²) >= 11 is 6.28. The van der Waals surface area contributed by atoms with Gasteiger partial charge in [-0.2, -0.15) is 4.31 Å². The van der Waals surface area contributed by atoms with Gasteiger partial charge in [0.15, 0.2) is 0 Å². The minimum absolute atomic E-state index is 0.116. The number of hydrogen-bond donors (Lipinski definition) is 1. The number of sulfonamides is 1. The van der Waals surface area contributed by atoms with Crippen molar-refractivity contribution in [1.29, 1.82) is 0 Å². The molecule has 1 aliphatic heterocycles. The molecular weight excluding hydrogens is 408 g/mol. The summed E-state index contributed by atoms with van der Waals surface area (Å²) in [6.07, 6.45) is 2.77. The first-order valence-corrected chi connectivity index (χ1v) is 11.9. The SMILES string of the molecule is CC1CC1C(NC(=O)c1cc(S(=O)(=O)N2CCCC2)ccc1Cl)c1ccccc1. The fraction of sp³-hybridized carbons (Fsp3) is 0.409. The number of nitrogens with zero attached hydrogens (tertiary/aromatic N) is 1. The number of carbonyl (C=O) groups is 1. The van der Waals surface area contributed by atoms with Crippen molar-refractivity contribution in [1.82, 2.24) is 9.62 Å². The minimum atomic E-state index is -3.61. The first-order valence-electron chi connectivity index (χ1n) is 10.0. The van der Waals surface area contributed by atoms with Gasteiger partial charge in [0.25, 0.3) is 5.91 Å². The number of amides is 1. The van der Waals surface area contributed by atoms with Crippen molar-refractivity contribution in [3.63, 3.8) is 0 Å². The first kappa shape index (κ1) is 20.4. The van der Waals surface area contributed by atoms with Crippen LogP contribution in [0, 0.1) is 11.8 Å². The molecular formula is C22H25ClN2O3S. The highest BCUT2D eigenvalue weighted by Crippen LogP contribution is 2.47. The molecule has 1 amide bonds. The van der Waals surface area contributed by atoms with E-state index in [9.17, 15) is 13.2 Å². The lowest BCUT2D eigenvalue weighted by molar-refractivity contribution is 0.0930. The van der Waals surface area contributed by atoms with Crippen LogP contribution in [-0.2, 0) is 10.0 Å². The standard InChI is InChI=1S/C22H25ClN2O3S/c1-15-13-18(15)21(16-7-3-2-4-8-16)24-22(26)19-14-17(9-10-20(19)23)29(27,28)25-11-5-6-12-25/h2-4,7-10,14-15,18,21H,5-6,11-13H2,1H3,(H,24,26). The second kappa shape index (κ2) is 8.09. The van der Waals surface area contributed by atoms with Crippen LogP contribution in [0.5, 0.6) is 0 Å². The summed E-state index contributed by atoms with van der Waals surface area (Å²) in [5, 5.41) is 3.35. The second-order valence-electron chi connectivity index (χ2n) is 7.99. The molecule has 1 heterocycles. The van der Waals surface area contributed by atoms with Gasteiger partial charge in [-0.3, -0.25) is 4.79 Å². The molecule has 2 aliphatic rings. The van der Waals surface area contributed by atoms with Crippen LogP contribution >= 0.6 is 11.6 Å². The van der Waals surface area contributed by atoms with Crippen molar-refractivity contribution in [2.75, 3.05) is 13.1 Å². The van der Waals surface area contributed by atoms with Gasteiger partial charge in [0.1, 0.15) is 0 Å². The van der Waals surface area contributed by atoms with Crippen LogP contribution in [0.2, 0.25) is 5.02 Å². The number of nitrogens with one attached hydrogen (secondary N) is 1. The third kappa shape index (κ3) is 4.20. The molecule has 1 saturated heterocycles. The summed E-state index contributed by atoms with van der Waals surface area (Å²) in [5.74, 6) is 0.566. The molecule has 2 fully saturated rings. The Balaban J connectivity index is 1.61. The van der Waals surface area contributed by atoms with Gasteiger partial charge in [-0.15, -0.1) is 0 Å². The van der Waals surface area contributed by atoms with Crippen LogP contribution in [0.25, 0.3) is 0 Å². The Hall–Kier alpha value is -1.89. The molecule has 154 valence electrons. The first-order chi connectivity index (χ1) is 13.9. The zero-order valence-corrected chi connectivity index (χ0v) is 17.9. The predicted octanol–water partition coefficient (Wildman–Crippen LogP) is 4.25. The molecule has 0 spiro atoms. The smallest absolute Gasteiger partial charge is 0.253 e. The molecule has 7 heteroatoms. The average molecular weight is 433 g/mol. The fourth-order valence-electron chi connectivity index (χ4n) is 4.05. The highest BCUT2D eigenvalue weighted by Gasteiger charge is 2.41. The number of rotatable bonds is 6. The van der Waals surface area contributed by atoms with Crippen molar-refractivity contribution in [2.24, 2.45) is 11.8 Å². The van der Waals surface area contributed by atoms with E-state index >= 15 is 0 Å². The van der Waals surface area contributed by atoms with Crippen LogP contribution in [0.4, 0.5) is 0 Å². The molecule has 29 heavy (non-hydrogen) atoms. The van der Waals surface area contributed by atoms with E-state index in [1.165, 1.54) is 22.5 Å². The maximum Gasteiger partial charge on any atom is 0.253 e. The van der Waals surface area contributed by atoms with Gasteiger partial charge >= 0.3 is 0 Å². The lowest BCUT2D eigenvalue weighted by Crippen LogP contribution is -2.31. The fourth-order valence-corrected chi connectivity index (χ4v) is 5.80. The van der Waals surface area contributed by atoms with Gasteiger partial charge in [-0.1, -0.05) is 48.9 Å². The van der Waals surface area contributed by atoms with Crippen molar-refractivity contribution in [3.8, 4) is 0 Å². The Morgan fingerprint density at radius 1 is 1.14 bits per heavy atom. The summed E-state index contributed by atoms with van der Waals surface area (Å²) in [5.41, 5.74) is 1.24. The van der Waals surface area contributed by atoms with E-state index in [2.05, 4.69) is 12.2 Å². The number of benzene rings is 2. The molecule has 0 aromatic heterocycles. The second-order valence-corrected chi connectivity index (χ2v) is 10.3. The summed E-state index contributed by atoms with van der Waals surface area (Å²) in [6.45, 7) is 3.20. The van der Waals surface area contributed by atoms with Crippen LogP contribution in [0.1, 0.15) is 48.1 Å². The van der Waals surface area contributed by atoms with Gasteiger partial charge in [0.2, 0.25) is 10.0 Å². The van der Waals surface area contributed by atoms with E-state index in [1.807, 2.05) is 30.3 Å². The Labute approximate surface area is 177 Å². The van der Waals surface area contributed by atoms with Crippen molar-refractivity contribution in [3.05, 3.63) is 64.7 Å². The maximum atomic E-state index is 13.1. The van der Waals surface area contributed by atoms with Crippen LogP contribution < -0.4 is 5.32 Å². The zero-order chi connectivity index (χ0) is 20.6. The van der Waals surface area contributed by atoms with E-state index in [1.54, 1.807) is 0 Å². The normalized spacial score (nSPS) is 23.0. The molecule has 2 aromatic carbocycles. The molecule has 3 atom stereocenters.